The van der Waals surface area contributed by atoms with Crippen LogP contribution in [0.4, 0.5) is 5.69 Å². The number of nitrogens with zero attached hydrogens (tertiary/aromatic N) is 1. The smallest absolute Gasteiger partial charge is 0.252 e. The number of hydrogen-bond acceptors (Lipinski definition) is 3. The molecule has 1 saturated heterocycles. The van der Waals surface area contributed by atoms with Crippen LogP contribution in [0.15, 0.2) is 36.4 Å². The number of ether oxygens (including phenoxy) is 1. The van der Waals surface area contributed by atoms with E-state index in [2.05, 4.69) is 29.3 Å². The summed E-state index contributed by atoms with van der Waals surface area (Å²) in [5.41, 5.74) is 5.17. The molecule has 0 radical (unpaired) electrons. The number of benzene rings is 2. The number of morpholine rings is 1. The average molecular weight is 387 g/mol. The largest absolute Gasteiger partial charge is 0.378 e. The number of halogens is 1. The summed E-state index contributed by atoms with van der Waals surface area (Å²) in [6, 6.07) is 11.9. The lowest BCUT2D eigenvalue weighted by atomic mass is 9.96. The van der Waals surface area contributed by atoms with E-state index in [-0.39, 0.29) is 5.91 Å². The Balaban J connectivity index is 1.79. The molecule has 1 aliphatic heterocycles. The van der Waals surface area contributed by atoms with Crippen molar-refractivity contribution in [3.8, 4) is 0 Å². The molecule has 0 atom stereocenters. The molecule has 0 aromatic heterocycles. The molecule has 2 aromatic carbocycles. The number of aryl methyl sites for hydroxylation is 2. The third kappa shape index (κ3) is 5.02. The van der Waals surface area contributed by atoms with E-state index in [1.807, 2.05) is 31.2 Å². The van der Waals surface area contributed by atoms with Crippen molar-refractivity contribution >= 4 is 23.2 Å². The number of carbonyl (C=O) groups is 1. The highest BCUT2D eigenvalue weighted by molar-refractivity contribution is 6.30. The van der Waals surface area contributed by atoms with Gasteiger partial charge < -0.3 is 15.0 Å². The Bertz CT molecular complexity index is 784. The van der Waals surface area contributed by atoms with Gasteiger partial charge in [-0.15, -0.1) is 0 Å². The standard InChI is InChI=1S/C22H27ClN2O2/c1-3-4-18-14-20(25-9-11-27-12-10-25)13-16(2)21(18)22(26)24-15-17-5-7-19(23)8-6-17/h5-8,13-14H,3-4,9-12,15H2,1-2H3,(H,24,26). The van der Waals surface area contributed by atoms with Gasteiger partial charge in [-0.1, -0.05) is 37.1 Å². The first kappa shape index (κ1) is 19.7. The van der Waals surface area contributed by atoms with Crippen LogP contribution in [0.1, 0.15) is 40.4 Å². The SMILES string of the molecule is CCCc1cc(N2CCOCC2)cc(C)c1C(=O)NCc1ccc(Cl)cc1. The molecule has 1 fully saturated rings. The van der Waals surface area contributed by atoms with Gasteiger partial charge in [0.25, 0.3) is 5.91 Å². The molecule has 0 bridgehead atoms. The molecule has 5 heteroatoms. The molecule has 0 saturated carbocycles. The zero-order valence-electron chi connectivity index (χ0n) is 16.1. The van der Waals surface area contributed by atoms with Crippen LogP contribution in [0.5, 0.6) is 0 Å². The quantitative estimate of drug-likeness (QED) is 0.801. The molecule has 1 N–H and O–H groups in total. The first-order valence-electron chi connectivity index (χ1n) is 9.57. The Morgan fingerprint density at radius 1 is 1.19 bits per heavy atom. The summed E-state index contributed by atoms with van der Waals surface area (Å²) in [5.74, 6) is -0.0144. The van der Waals surface area contributed by atoms with Crippen LogP contribution in [0, 0.1) is 6.92 Å². The predicted octanol–water partition coefficient (Wildman–Crippen LogP) is 4.37. The fourth-order valence-electron chi connectivity index (χ4n) is 3.51. The van der Waals surface area contributed by atoms with Gasteiger partial charge in [0.1, 0.15) is 0 Å². The third-order valence-corrected chi connectivity index (χ3v) is 5.14. The van der Waals surface area contributed by atoms with Crippen LogP contribution in [0.25, 0.3) is 0 Å². The van der Waals surface area contributed by atoms with Crippen molar-refractivity contribution in [2.24, 2.45) is 0 Å². The van der Waals surface area contributed by atoms with E-state index in [0.717, 1.165) is 61.4 Å². The van der Waals surface area contributed by atoms with E-state index < -0.39 is 0 Å². The summed E-state index contributed by atoms with van der Waals surface area (Å²) in [5, 5.41) is 3.76. The highest BCUT2D eigenvalue weighted by Gasteiger charge is 2.18. The van der Waals surface area contributed by atoms with E-state index >= 15 is 0 Å². The predicted molar refractivity (Wildman–Crippen MR) is 111 cm³/mol. The number of rotatable bonds is 6. The molecule has 1 aliphatic rings. The molecule has 144 valence electrons. The van der Waals surface area contributed by atoms with E-state index in [0.29, 0.717) is 11.6 Å². The molecule has 0 aliphatic carbocycles. The van der Waals surface area contributed by atoms with Gasteiger partial charge in [-0.3, -0.25) is 4.79 Å². The first-order valence-corrected chi connectivity index (χ1v) is 9.95. The first-order chi connectivity index (χ1) is 13.1. The van der Waals surface area contributed by atoms with Gasteiger partial charge in [-0.05, 0) is 54.3 Å². The maximum Gasteiger partial charge on any atom is 0.252 e. The van der Waals surface area contributed by atoms with Crippen molar-refractivity contribution in [1.29, 1.82) is 0 Å². The maximum atomic E-state index is 12.9. The van der Waals surface area contributed by atoms with E-state index in [1.54, 1.807) is 0 Å². The van der Waals surface area contributed by atoms with Crippen LogP contribution in [0.3, 0.4) is 0 Å². The Hall–Kier alpha value is -2.04. The summed E-state index contributed by atoms with van der Waals surface area (Å²) < 4.78 is 5.46. The highest BCUT2D eigenvalue weighted by atomic mass is 35.5. The molecule has 1 amide bonds. The zero-order valence-corrected chi connectivity index (χ0v) is 16.8. The molecular weight excluding hydrogens is 360 g/mol. The Morgan fingerprint density at radius 3 is 2.56 bits per heavy atom. The van der Waals surface area contributed by atoms with Crippen LogP contribution >= 0.6 is 11.6 Å². The molecule has 0 unspecified atom stereocenters. The number of anilines is 1. The van der Waals surface area contributed by atoms with Gasteiger partial charge in [-0.2, -0.15) is 0 Å². The van der Waals surface area contributed by atoms with Gasteiger partial charge in [-0.25, -0.2) is 0 Å². The van der Waals surface area contributed by atoms with E-state index in [4.69, 9.17) is 16.3 Å². The minimum absolute atomic E-state index is 0.0144. The number of carbonyl (C=O) groups excluding carboxylic acids is 1. The van der Waals surface area contributed by atoms with Gasteiger partial charge in [0.2, 0.25) is 0 Å². The Labute approximate surface area is 166 Å². The lowest BCUT2D eigenvalue weighted by Crippen LogP contribution is -2.36. The van der Waals surface area contributed by atoms with Gasteiger partial charge >= 0.3 is 0 Å². The normalized spacial score (nSPS) is 14.3. The molecule has 0 spiro atoms. The number of amides is 1. The minimum atomic E-state index is -0.0144. The second kappa shape index (κ2) is 9.25. The van der Waals surface area contributed by atoms with Gasteiger partial charge in [0, 0.05) is 35.9 Å². The van der Waals surface area contributed by atoms with Crippen LogP contribution in [-0.2, 0) is 17.7 Å². The fraction of sp³-hybridized carbons (Fsp3) is 0.409. The van der Waals surface area contributed by atoms with Crippen molar-refractivity contribution < 1.29 is 9.53 Å². The lowest BCUT2D eigenvalue weighted by molar-refractivity contribution is 0.0949. The van der Waals surface area contributed by atoms with E-state index in [1.165, 1.54) is 5.69 Å². The molecule has 1 heterocycles. The van der Waals surface area contributed by atoms with Crippen molar-refractivity contribution in [3.05, 3.63) is 63.7 Å². The van der Waals surface area contributed by atoms with Crippen molar-refractivity contribution in [3.63, 3.8) is 0 Å². The van der Waals surface area contributed by atoms with Crippen LogP contribution in [-0.4, -0.2) is 32.2 Å². The number of hydrogen-bond donors (Lipinski definition) is 1. The lowest BCUT2D eigenvalue weighted by Gasteiger charge is -2.30. The summed E-state index contributed by atoms with van der Waals surface area (Å²) in [7, 11) is 0. The van der Waals surface area contributed by atoms with Crippen molar-refractivity contribution in [1.82, 2.24) is 5.32 Å². The summed E-state index contributed by atoms with van der Waals surface area (Å²) in [4.78, 5) is 15.3. The van der Waals surface area contributed by atoms with Gasteiger partial charge in [0.05, 0.1) is 13.2 Å². The maximum absolute atomic E-state index is 12.9. The zero-order chi connectivity index (χ0) is 19.2. The topological polar surface area (TPSA) is 41.6 Å². The second-order valence-electron chi connectivity index (χ2n) is 6.96. The van der Waals surface area contributed by atoms with Gasteiger partial charge in [0.15, 0.2) is 0 Å². The summed E-state index contributed by atoms with van der Waals surface area (Å²) in [6.07, 6.45) is 1.90. The second-order valence-corrected chi connectivity index (χ2v) is 7.39. The monoisotopic (exact) mass is 386 g/mol. The Kier molecular flexibility index (Phi) is 6.75. The molecule has 27 heavy (non-hydrogen) atoms. The summed E-state index contributed by atoms with van der Waals surface area (Å²) >= 11 is 5.93. The molecular formula is C22H27ClN2O2. The Morgan fingerprint density at radius 2 is 1.89 bits per heavy atom. The average Bonchev–Trinajstić information content (AvgIpc) is 2.68. The third-order valence-electron chi connectivity index (χ3n) is 4.89. The molecule has 2 aromatic rings. The van der Waals surface area contributed by atoms with Crippen LogP contribution < -0.4 is 10.2 Å². The van der Waals surface area contributed by atoms with Crippen molar-refractivity contribution in [2.75, 3.05) is 31.2 Å². The van der Waals surface area contributed by atoms with Crippen LogP contribution in [0.2, 0.25) is 5.02 Å². The minimum Gasteiger partial charge on any atom is -0.378 e. The molecule has 3 rings (SSSR count). The number of nitrogens with one attached hydrogen (secondary N) is 1. The fourth-order valence-corrected chi connectivity index (χ4v) is 3.63. The van der Waals surface area contributed by atoms with E-state index in [9.17, 15) is 4.79 Å². The highest BCUT2D eigenvalue weighted by Crippen LogP contribution is 2.26. The molecule has 4 nitrogen and oxygen atoms in total. The summed E-state index contributed by atoms with van der Waals surface area (Å²) in [6.45, 7) is 7.97. The van der Waals surface area contributed by atoms with Crippen molar-refractivity contribution in [2.45, 2.75) is 33.2 Å².